The first kappa shape index (κ1) is 16.1. The Morgan fingerprint density at radius 3 is 2.92 bits per heavy atom. The van der Waals surface area contributed by atoms with E-state index in [2.05, 4.69) is 25.5 Å². The zero-order valence-electron chi connectivity index (χ0n) is 13.5. The van der Waals surface area contributed by atoms with Crippen LogP contribution in [0.1, 0.15) is 23.6 Å². The molecular formula is C16H20N6O2. The van der Waals surface area contributed by atoms with E-state index < -0.39 is 0 Å². The predicted octanol–water partition coefficient (Wildman–Crippen LogP) is 0.216. The predicted molar refractivity (Wildman–Crippen MR) is 85.6 cm³/mol. The van der Waals surface area contributed by atoms with Crippen LogP contribution in [0.3, 0.4) is 0 Å². The summed E-state index contributed by atoms with van der Waals surface area (Å²) in [5.74, 6) is 1.05. The number of carbonyl (C=O) groups is 2. The number of amides is 2. The van der Waals surface area contributed by atoms with Crippen LogP contribution in [0.4, 0.5) is 0 Å². The Morgan fingerprint density at radius 1 is 1.42 bits per heavy atom. The van der Waals surface area contributed by atoms with E-state index in [9.17, 15) is 9.59 Å². The average molecular weight is 328 g/mol. The van der Waals surface area contributed by atoms with Gasteiger partial charge < -0.3 is 10.2 Å². The van der Waals surface area contributed by atoms with Crippen molar-refractivity contribution in [3.8, 4) is 0 Å². The summed E-state index contributed by atoms with van der Waals surface area (Å²) in [4.78, 5) is 34.2. The highest BCUT2D eigenvalue weighted by atomic mass is 16.2. The van der Waals surface area contributed by atoms with E-state index in [1.54, 1.807) is 17.3 Å². The molecule has 3 heterocycles. The molecule has 3 rings (SSSR count). The molecule has 2 aromatic rings. The first-order valence-electron chi connectivity index (χ1n) is 7.94. The molecular weight excluding hydrogens is 308 g/mol. The Hall–Kier alpha value is -2.77. The number of nitrogens with one attached hydrogen (secondary N) is 2. The van der Waals surface area contributed by atoms with Crippen molar-refractivity contribution in [1.82, 2.24) is 30.4 Å². The molecule has 1 fully saturated rings. The Labute approximate surface area is 139 Å². The minimum absolute atomic E-state index is 0.0107. The van der Waals surface area contributed by atoms with Crippen molar-refractivity contribution >= 4 is 11.8 Å². The zero-order valence-corrected chi connectivity index (χ0v) is 13.5. The minimum atomic E-state index is -0.298. The van der Waals surface area contributed by atoms with E-state index in [1.807, 2.05) is 19.1 Å². The van der Waals surface area contributed by atoms with Crippen molar-refractivity contribution in [2.75, 3.05) is 13.1 Å². The molecule has 1 atom stereocenters. The number of likely N-dealkylation sites (tertiary alicyclic amines) is 1. The second-order valence-electron chi connectivity index (χ2n) is 5.91. The number of nitrogens with zero attached hydrogens (tertiary/aromatic N) is 4. The molecule has 0 unspecified atom stereocenters. The quantitative estimate of drug-likeness (QED) is 0.789. The molecule has 0 saturated carbocycles. The molecule has 0 aliphatic carbocycles. The van der Waals surface area contributed by atoms with Crippen molar-refractivity contribution in [3.63, 3.8) is 0 Å². The van der Waals surface area contributed by atoms with Gasteiger partial charge in [0.25, 0.3) is 0 Å². The molecule has 0 spiro atoms. The fourth-order valence-corrected chi connectivity index (χ4v) is 2.75. The third-order valence-corrected chi connectivity index (χ3v) is 4.00. The highest BCUT2D eigenvalue weighted by Crippen LogP contribution is 2.20. The lowest BCUT2D eigenvalue weighted by molar-refractivity contribution is -0.129. The summed E-state index contributed by atoms with van der Waals surface area (Å²) >= 11 is 0. The number of hydrogen-bond donors (Lipinski definition) is 2. The third kappa shape index (κ3) is 3.95. The minimum Gasteiger partial charge on any atom is -0.355 e. The standard InChI is InChI=1S/C16H20N6O2/c1-11-19-14(21-20-11)4-7-18-16(24)13-8-15(23)22(10-13)9-12-2-5-17-6-3-12/h2-3,5-6,13H,4,7-10H2,1H3,(H,18,24)(H,19,20,21)/t13-/m0/s1. The van der Waals surface area contributed by atoms with Crippen LogP contribution in [0.15, 0.2) is 24.5 Å². The highest BCUT2D eigenvalue weighted by molar-refractivity contribution is 5.89. The Morgan fingerprint density at radius 2 is 2.21 bits per heavy atom. The molecule has 2 amide bonds. The molecule has 0 radical (unpaired) electrons. The van der Waals surface area contributed by atoms with Crippen molar-refractivity contribution in [2.45, 2.75) is 26.3 Å². The Bertz CT molecular complexity index is 714. The van der Waals surface area contributed by atoms with E-state index in [1.165, 1.54) is 0 Å². The van der Waals surface area contributed by atoms with Gasteiger partial charge in [-0.15, -0.1) is 0 Å². The molecule has 8 nitrogen and oxygen atoms in total. The van der Waals surface area contributed by atoms with Gasteiger partial charge in [0.15, 0.2) is 5.82 Å². The fourth-order valence-electron chi connectivity index (χ4n) is 2.75. The molecule has 1 aliphatic heterocycles. The van der Waals surface area contributed by atoms with Gasteiger partial charge in [0, 0.05) is 44.9 Å². The van der Waals surface area contributed by atoms with Crippen LogP contribution >= 0.6 is 0 Å². The molecule has 1 saturated heterocycles. The summed E-state index contributed by atoms with van der Waals surface area (Å²) in [6.45, 7) is 3.26. The Kier molecular flexibility index (Phi) is 4.83. The number of aromatic amines is 1. The van der Waals surface area contributed by atoms with Gasteiger partial charge in [0.05, 0.1) is 5.92 Å². The van der Waals surface area contributed by atoms with Gasteiger partial charge in [-0.05, 0) is 24.6 Å². The monoisotopic (exact) mass is 328 g/mol. The lowest BCUT2D eigenvalue weighted by atomic mass is 10.1. The van der Waals surface area contributed by atoms with Gasteiger partial charge in [-0.2, -0.15) is 5.10 Å². The van der Waals surface area contributed by atoms with Crippen LogP contribution in [0.5, 0.6) is 0 Å². The average Bonchev–Trinajstić information content (AvgIpc) is 3.15. The lowest BCUT2D eigenvalue weighted by Crippen LogP contribution is -2.34. The lowest BCUT2D eigenvalue weighted by Gasteiger charge is -2.16. The van der Waals surface area contributed by atoms with Crippen LogP contribution < -0.4 is 5.32 Å². The largest absolute Gasteiger partial charge is 0.355 e. The number of pyridine rings is 1. The topological polar surface area (TPSA) is 104 Å². The molecule has 2 N–H and O–H groups in total. The smallest absolute Gasteiger partial charge is 0.225 e. The Balaban J connectivity index is 1.47. The van der Waals surface area contributed by atoms with Gasteiger partial charge >= 0.3 is 0 Å². The SMILES string of the molecule is Cc1nc(CCNC(=O)[C@H]2CC(=O)N(Cc3ccncc3)C2)n[nH]1. The summed E-state index contributed by atoms with van der Waals surface area (Å²) in [7, 11) is 0. The maximum atomic E-state index is 12.2. The molecule has 1 aliphatic rings. The summed E-state index contributed by atoms with van der Waals surface area (Å²) in [5, 5.41) is 9.66. The number of H-pyrrole nitrogens is 1. The maximum Gasteiger partial charge on any atom is 0.225 e. The van der Waals surface area contributed by atoms with E-state index >= 15 is 0 Å². The van der Waals surface area contributed by atoms with Crippen molar-refractivity contribution < 1.29 is 9.59 Å². The number of rotatable bonds is 6. The van der Waals surface area contributed by atoms with Crippen molar-refractivity contribution in [1.29, 1.82) is 0 Å². The van der Waals surface area contributed by atoms with Gasteiger partial charge in [0.2, 0.25) is 11.8 Å². The molecule has 24 heavy (non-hydrogen) atoms. The second-order valence-corrected chi connectivity index (χ2v) is 5.91. The molecule has 2 aromatic heterocycles. The van der Waals surface area contributed by atoms with Crippen LogP contribution in [-0.4, -0.2) is 50.0 Å². The number of carbonyl (C=O) groups excluding carboxylic acids is 2. The first-order valence-corrected chi connectivity index (χ1v) is 7.94. The van der Waals surface area contributed by atoms with E-state index in [4.69, 9.17) is 0 Å². The third-order valence-electron chi connectivity index (χ3n) is 4.00. The molecule has 0 aromatic carbocycles. The van der Waals surface area contributed by atoms with Crippen molar-refractivity contribution in [2.24, 2.45) is 5.92 Å². The summed E-state index contributed by atoms with van der Waals surface area (Å²) in [5.41, 5.74) is 1.01. The maximum absolute atomic E-state index is 12.2. The first-order chi connectivity index (χ1) is 11.6. The highest BCUT2D eigenvalue weighted by Gasteiger charge is 2.34. The zero-order chi connectivity index (χ0) is 16.9. The van der Waals surface area contributed by atoms with Gasteiger partial charge in [-0.1, -0.05) is 0 Å². The number of hydrogen-bond acceptors (Lipinski definition) is 5. The van der Waals surface area contributed by atoms with E-state index in [0.717, 1.165) is 11.4 Å². The van der Waals surface area contributed by atoms with Gasteiger partial charge in [0.1, 0.15) is 5.82 Å². The normalized spacial score (nSPS) is 17.3. The second kappa shape index (κ2) is 7.20. The van der Waals surface area contributed by atoms with Crippen LogP contribution in [0, 0.1) is 12.8 Å². The van der Waals surface area contributed by atoms with E-state index in [0.29, 0.717) is 31.9 Å². The number of aromatic nitrogens is 4. The van der Waals surface area contributed by atoms with Crippen LogP contribution in [0.2, 0.25) is 0 Å². The van der Waals surface area contributed by atoms with Gasteiger partial charge in [-0.25, -0.2) is 4.98 Å². The summed E-state index contributed by atoms with van der Waals surface area (Å²) in [6.07, 6.45) is 4.23. The van der Waals surface area contributed by atoms with Crippen molar-refractivity contribution in [3.05, 3.63) is 41.7 Å². The summed E-state index contributed by atoms with van der Waals surface area (Å²) < 4.78 is 0. The molecule has 0 bridgehead atoms. The number of aryl methyl sites for hydroxylation is 1. The van der Waals surface area contributed by atoms with Crippen LogP contribution in [-0.2, 0) is 22.6 Å². The fraction of sp³-hybridized carbons (Fsp3) is 0.438. The van der Waals surface area contributed by atoms with E-state index in [-0.39, 0.29) is 24.2 Å². The molecule has 126 valence electrons. The van der Waals surface area contributed by atoms with Gasteiger partial charge in [-0.3, -0.25) is 19.7 Å². The molecule has 8 heteroatoms. The summed E-state index contributed by atoms with van der Waals surface area (Å²) in [6, 6.07) is 3.75. The van der Waals surface area contributed by atoms with Crippen LogP contribution in [0.25, 0.3) is 0 Å².